The minimum absolute atomic E-state index is 0.0380. The number of hydrogen-bond donors (Lipinski definition) is 0. The number of fused-ring (bicyclic) bond motifs is 1. The van der Waals surface area contributed by atoms with Gasteiger partial charge in [-0.3, -0.25) is 9.69 Å². The number of rotatable bonds is 6. The van der Waals surface area contributed by atoms with Crippen molar-refractivity contribution in [1.82, 2.24) is 4.90 Å². The van der Waals surface area contributed by atoms with Gasteiger partial charge in [-0.1, -0.05) is 23.9 Å². The van der Waals surface area contributed by atoms with Crippen LogP contribution >= 0.6 is 11.8 Å². The summed E-state index contributed by atoms with van der Waals surface area (Å²) in [7, 11) is 0. The van der Waals surface area contributed by atoms with Gasteiger partial charge in [-0.05, 0) is 55.8 Å². The normalized spacial score (nSPS) is 18.5. The number of carbonyl (C=O) groups is 1. The average Bonchev–Trinajstić information content (AvgIpc) is 2.80. The number of nitriles is 1. The van der Waals surface area contributed by atoms with Gasteiger partial charge in [-0.15, -0.1) is 0 Å². The Labute approximate surface area is 187 Å². The van der Waals surface area contributed by atoms with Crippen molar-refractivity contribution in [3.63, 3.8) is 0 Å². The second kappa shape index (κ2) is 9.36. The molecule has 0 aliphatic carbocycles. The molecule has 1 atom stereocenters. The van der Waals surface area contributed by atoms with Crippen LogP contribution < -0.4 is 14.4 Å². The molecule has 2 aliphatic heterocycles. The molecule has 1 saturated heterocycles. The fourth-order valence-corrected chi connectivity index (χ4v) is 5.06. The number of nitrogens with zero attached hydrogens (tertiary/aromatic N) is 3. The van der Waals surface area contributed by atoms with Crippen molar-refractivity contribution in [2.45, 2.75) is 26.2 Å². The van der Waals surface area contributed by atoms with E-state index >= 15 is 0 Å². The summed E-state index contributed by atoms with van der Waals surface area (Å²) in [6.07, 6.45) is 0.290. The molecule has 0 saturated carbocycles. The van der Waals surface area contributed by atoms with Crippen molar-refractivity contribution in [1.29, 1.82) is 5.26 Å². The molecule has 1 amide bonds. The first-order chi connectivity index (χ1) is 15.1. The van der Waals surface area contributed by atoms with Gasteiger partial charge in [-0.25, -0.2) is 0 Å². The minimum Gasteiger partial charge on any atom is -0.494 e. The van der Waals surface area contributed by atoms with E-state index in [1.54, 1.807) is 16.7 Å². The van der Waals surface area contributed by atoms with Crippen LogP contribution in [0.4, 0.5) is 5.69 Å². The number of thioether (sulfide) groups is 1. The molecule has 0 N–H and O–H groups in total. The summed E-state index contributed by atoms with van der Waals surface area (Å²) in [5, 5.41) is 10.7. The summed E-state index contributed by atoms with van der Waals surface area (Å²) in [6.45, 7) is 5.57. The summed E-state index contributed by atoms with van der Waals surface area (Å²) in [5.74, 6) is 2.11. The summed E-state index contributed by atoms with van der Waals surface area (Å²) < 4.78 is 11.0. The minimum atomic E-state index is -0.219. The number of hydrogen-bond acceptors (Lipinski definition) is 6. The van der Waals surface area contributed by atoms with Crippen molar-refractivity contribution in [2.75, 3.05) is 30.7 Å². The van der Waals surface area contributed by atoms with Gasteiger partial charge < -0.3 is 14.4 Å². The first-order valence-corrected chi connectivity index (χ1v) is 11.4. The zero-order valence-electron chi connectivity index (χ0n) is 17.7. The second-order valence-electron chi connectivity index (χ2n) is 7.29. The van der Waals surface area contributed by atoms with Gasteiger partial charge in [0.15, 0.2) is 0 Å². The van der Waals surface area contributed by atoms with E-state index in [-0.39, 0.29) is 18.2 Å². The molecule has 4 rings (SSSR count). The van der Waals surface area contributed by atoms with Gasteiger partial charge in [0.05, 0.1) is 42.4 Å². The van der Waals surface area contributed by atoms with Crippen LogP contribution in [0, 0.1) is 11.3 Å². The molecule has 0 spiro atoms. The Morgan fingerprint density at radius 3 is 2.23 bits per heavy atom. The summed E-state index contributed by atoms with van der Waals surface area (Å²) in [5.41, 5.74) is 2.66. The number of ether oxygens (including phenoxy) is 2. The van der Waals surface area contributed by atoms with Crippen LogP contribution in [0.25, 0.3) is 0 Å². The maximum absolute atomic E-state index is 13.1. The quantitative estimate of drug-likeness (QED) is 0.655. The fraction of sp³-hybridized carbons (Fsp3) is 0.333. The van der Waals surface area contributed by atoms with Crippen LogP contribution in [-0.4, -0.2) is 36.6 Å². The lowest BCUT2D eigenvalue weighted by molar-refractivity contribution is -0.129. The highest BCUT2D eigenvalue weighted by atomic mass is 32.2. The van der Waals surface area contributed by atoms with E-state index in [9.17, 15) is 10.1 Å². The molecule has 0 aromatic heterocycles. The van der Waals surface area contributed by atoms with E-state index in [4.69, 9.17) is 9.47 Å². The lowest BCUT2D eigenvalue weighted by atomic mass is 9.86. The van der Waals surface area contributed by atoms with Crippen molar-refractivity contribution in [3.8, 4) is 17.6 Å². The number of anilines is 1. The summed E-state index contributed by atoms with van der Waals surface area (Å²) >= 11 is 1.54. The Bertz CT molecular complexity index is 1010. The molecule has 0 radical (unpaired) electrons. The van der Waals surface area contributed by atoms with Crippen molar-refractivity contribution in [2.24, 2.45) is 0 Å². The predicted octanol–water partition coefficient (Wildman–Crippen LogP) is 4.70. The van der Waals surface area contributed by atoms with Gasteiger partial charge >= 0.3 is 0 Å². The fourth-order valence-electron chi connectivity index (χ4n) is 3.89. The van der Waals surface area contributed by atoms with Crippen LogP contribution in [0.2, 0.25) is 0 Å². The third kappa shape index (κ3) is 4.35. The molecular weight excluding hydrogens is 410 g/mol. The molecule has 7 heteroatoms. The lowest BCUT2D eigenvalue weighted by Crippen LogP contribution is -2.47. The molecule has 1 fully saturated rings. The molecule has 2 aromatic carbocycles. The van der Waals surface area contributed by atoms with Gasteiger partial charge in [-0.2, -0.15) is 5.26 Å². The Morgan fingerprint density at radius 2 is 1.65 bits per heavy atom. The highest BCUT2D eigenvalue weighted by Gasteiger charge is 2.38. The van der Waals surface area contributed by atoms with Crippen LogP contribution in [0.15, 0.2) is 59.1 Å². The second-order valence-corrected chi connectivity index (χ2v) is 8.23. The van der Waals surface area contributed by atoms with Crippen LogP contribution in [-0.2, 0) is 4.79 Å². The van der Waals surface area contributed by atoms with E-state index < -0.39 is 0 Å². The molecule has 2 aliphatic rings. The van der Waals surface area contributed by atoms with Crippen molar-refractivity contribution >= 4 is 23.4 Å². The molecule has 31 heavy (non-hydrogen) atoms. The SMILES string of the molecule is CCOc1ccc([C@H]2CC(=O)N3CN(c4ccc(OCC)cc4)CSC3=C2C#N)cc1. The average molecular weight is 436 g/mol. The van der Waals surface area contributed by atoms with Crippen LogP contribution in [0.3, 0.4) is 0 Å². The molecule has 2 heterocycles. The van der Waals surface area contributed by atoms with Crippen molar-refractivity contribution < 1.29 is 14.3 Å². The Hall–Kier alpha value is -3.11. The molecule has 0 bridgehead atoms. The predicted molar refractivity (Wildman–Crippen MR) is 122 cm³/mol. The van der Waals surface area contributed by atoms with E-state index in [1.165, 1.54) is 0 Å². The van der Waals surface area contributed by atoms with Gasteiger partial charge in [0.1, 0.15) is 11.5 Å². The first-order valence-electron chi connectivity index (χ1n) is 10.4. The van der Waals surface area contributed by atoms with E-state index in [0.717, 1.165) is 27.8 Å². The summed E-state index contributed by atoms with van der Waals surface area (Å²) in [6, 6.07) is 18.0. The molecule has 0 unspecified atom stereocenters. The third-order valence-corrected chi connectivity index (χ3v) is 6.55. The van der Waals surface area contributed by atoms with Gasteiger partial charge in [0, 0.05) is 18.0 Å². The monoisotopic (exact) mass is 435 g/mol. The molecule has 160 valence electrons. The topological polar surface area (TPSA) is 65.8 Å². The first kappa shape index (κ1) is 21.1. The Kier molecular flexibility index (Phi) is 6.38. The zero-order chi connectivity index (χ0) is 21.8. The highest BCUT2D eigenvalue weighted by molar-refractivity contribution is 8.03. The Balaban J connectivity index is 1.56. The molecule has 6 nitrogen and oxygen atoms in total. The highest BCUT2D eigenvalue weighted by Crippen LogP contribution is 2.43. The number of allylic oxidation sites excluding steroid dienone is 1. The van der Waals surface area contributed by atoms with Crippen LogP contribution in [0.5, 0.6) is 11.5 Å². The largest absolute Gasteiger partial charge is 0.494 e. The molecular formula is C24H25N3O3S. The summed E-state index contributed by atoms with van der Waals surface area (Å²) in [4.78, 5) is 16.9. The maximum atomic E-state index is 13.1. The zero-order valence-corrected chi connectivity index (χ0v) is 18.5. The number of carbonyl (C=O) groups excluding carboxylic acids is 1. The van der Waals surface area contributed by atoms with Crippen LogP contribution in [0.1, 0.15) is 31.7 Å². The van der Waals surface area contributed by atoms with E-state index in [1.807, 2.05) is 62.4 Å². The smallest absolute Gasteiger partial charge is 0.229 e. The van der Waals surface area contributed by atoms with Gasteiger partial charge in [0.2, 0.25) is 5.91 Å². The van der Waals surface area contributed by atoms with Crippen molar-refractivity contribution in [3.05, 3.63) is 64.7 Å². The lowest BCUT2D eigenvalue weighted by Gasteiger charge is -2.42. The van der Waals surface area contributed by atoms with Gasteiger partial charge in [0.25, 0.3) is 0 Å². The maximum Gasteiger partial charge on any atom is 0.229 e. The van der Waals surface area contributed by atoms with E-state index in [2.05, 4.69) is 11.0 Å². The third-order valence-electron chi connectivity index (χ3n) is 5.40. The molecule has 2 aromatic rings. The number of benzene rings is 2. The Morgan fingerprint density at radius 1 is 1.03 bits per heavy atom. The number of amides is 1. The standard InChI is InChI=1S/C24H25N3O3S/c1-3-29-19-9-5-17(6-10-19)21-13-23(28)27-15-26(16-31-24(27)22(21)14-25)18-7-11-20(12-8-18)30-4-2/h5-12,21H,3-4,13,15-16H2,1-2H3/t21-/m1/s1. The van der Waals surface area contributed by atoms with E-state index in [0.29, 0.717) is 31.3 Å².